The molecular weight excluding hydrogens is 412 g/mol. The first-order valence-corrected chi connectivity index (χ1v) is 9.76. The molecule has 0 aliphatic carbocycles. The lowest BCUT2D eigenvalue weighted by Gasteiger charge is -2.20. The van der Waals surface area contributed by atoms with Gasteiger partial charge in [0.2, 0.25) is 6.41 Å². The molecule has 0 spiro atoms. The van der Waals surface area contributed by atoms with Gasteiger partial charge in [0.25, 0.3) is 5.91 Å². The van der Waals surface area contributed by atoms with Crippen molar-refractivity contribution in [1.82, 2.24) is 10.3 Å². The molecule has 0 radical (unpaired) electrons. The number of nitrogens with zero attached hydrogens (tertiary/aromatic N) is 2. The van der Waals surface area contributed by atoms with Crippen molar-refractivity contribution in [2.45, 2.75) is 6.04 Å². The lowest BCUT2D eigenvalue weighted by Crippen LogP contribution is -2.35. The van der Waals surface area contributed by atoms with Crippen LogP contribution in [-0.2, 0) is 14.4 Å². The van der Waals surface area contributed by atoms with E-state index in [1.54, 1.807) is 17.5 Å². The summed E-state index contributed by atoms with van der Waals surface area (Å²) < 4.78 is 0. The van der Waals surface area contributed by atoms with Gasteiger partial charge in [-0.1, -0.05) is 59.2 Å². The first-order chi connectivity index (χ1) is 14.1. The number of anilines is 1. The Kier molecular flexibility index (Phi) is 6.94. The van der Waals surface area contributed by atoms with Crippen molar-refractivity contribution < 1.29 is 14.4 Å². The zero-order valence-electron chi connectivity index (χ0n) is 15.3. The fourth-order valence-electron chi connectivity index (χ4n) is 2.65. The minimum Gasteiger partial charge on any atom is -0.398 e. The molecule has 2 aromatic carbocycles. The molecule has 0 saturated heterocycles. The van der Waals surface area contributed by atoms with E-state index < -0.39 is 11.9 Å². The number of carbonyl (C=O) groups excluding carboxylic acids is 2. The van der Waals surface area contributed by atoms with E-state index in [9.17, 15) is 9.59 Å². The highest BCUT2D eigenvalue weighted by Crippen LogP contribution is 2.24. The van der Waals surface area contributed by atoms with Crippen molar-refractivity contribution >= 4 is 46.1 Å². The first-order valence-electron chi connectivity index (χ1n) is 8.51. The van der Waals surface area contributed by atoms with Gasteiger partial charge in [0.15, 0.2) is 10.8 Å². The molecule has 1 heterocycles. The third-order valence-electron chi connectivity index (χ3n) is 3.94. The number of oxime groups is 1. The number of aromatic nitrogens is 1. The molecule has 0 fully saturated rings. The lowest BCUT2D eigenvalue weighted by molar-refractivity contribution is -0.115. The number of nitrogens with one attached hydrogen (secondary N) is 2. The predicted octanol–water partition coefficient (Wildman–Crippen LogP) is 3.62. The van der Waals surface area contributed by atoms with Gasteiger partial charge in [-0.15, -0.1) is 11.3 Å². The van der Waals surface area contributed by atoms with Crippen molar-refractivity contribution in [3.8, 4) is 0 Å². The van der Waals surface area contributed by atoms with Gasteiger partial charge in [0.1, 0.15) is 12.8 Å². The van der Waals surface area contributed by atoms with E-state index in [-0.39, 0.29) is 5.71 Å². The fraction of sp³-hybridized carbons (Fsp3) is 0.100. The first kappa shape index (κ1) is 20.5. The molecule has 0 aliphatic heterocycles. The zero-order chi connectivity index (χ0) is 20.6. The fourth-order valence-corrected chi connectivity index (χ4v) is 3.44. The second kappa shape index (κ2) is 9.81. The lowest BCUT2D eigenvalue weighted by atomic mass is 9.98. The molecule has 0 saturated carbocycles. The Balaban J connectivity index is 1.92. The molecule has 7 nitrogen and oxygen atoms in total. The van der Waals surface area contributed by atoms with Gasteiger partial charge in [-0.3, -0.25) is 9.59 Å². The summed E-state index contributed by atoms with van der Waals surface area (Å²) in [5.41, 5.74) is 2.04. The van der Waals surface area contributed by atoms with Crippen LogP contribution in [0.15, 0.2) is 65.1 Å². The number of rotatable bonds is 8. The van der Waals surface area contributed by atoms with Crippen molar-refractivity contribution in [2.24, 2.45) is 5.16 Å². The van der Waals surface area contributed by atoms with Gasteiger partial charge in [-0.25, -0.2) is 4.98 Å². The third kappa shape index (κ3) is 5.18. The highest BCUT2D eigenvalue weighted by Gasteiger charge is 2.23. The number of hydrogen-bond donors (Lipinski definition) is 2. The quantitative estimate of drug-likeness (QED) is 0.325. The third-order valence-corrected chi connectivity index (χ3v) is 4.96. The van der Waals surface area contributed by atoms with E-state index in [1.165, 1.54) is 18.4 Å². The molecular formula is C20H17ClN4O3S. The number of amides is 2. The molecule has 29 heavy (non-hydrogen) atoms. The van der Waals surface area contributed by atoms with Gasteiger partial charge in [0, 0.05) is 10.4 Å². The van der Waals surface area contributed by atoms with Gasteiger partial charge in [-0.05, 0) is 23.3 Å². The molecule has 2 N–H and O–H groups in total. The standard InChI is InChI=1S/C20H17ClN4O3S/c1-28-25-18(16-11-29-20(23-16)22-12-26)19(27)24-17(13-5-3-2-4-6-13)14-7-9-15(21)10-8-14/h2-12,17H,1H3,(H,24,27)(H,22,23,26)/b25-18+. The predicted molar refractivity (Wildman–Crippen MR) is 113 cm³/mol. The van der Waals surface area contributed by atoms with Crippen LogP contribution in [0.1, 0.15) is 22.9 Å². The van der Waals surface area contributed by atoms with E-state index >= 15 is 0 Å². The number of thiazole rings is 1. The summed E-state index contributed by atoms with van der Waals surface area (Å²) in [7, 11) is 1.35. The highest BCUT2D eigenvalue weighted by atomic mass is 35.5. The van der Waals surface area contributed by atoms with E-state index in [1.807, 2.05) is 42.5 Å². The Labute approximate surface area is 176 Å². The molecule has 2 amide bonds. The topological polar surface area (TPSA) is 92.7 Å². The van der Waals surface area contributed by atoms with Crippen LogP contribution in [0.2, 0.25) is 5.02 Å². The Bertz CT molecular complexity index is 1010. The van der Waals surface area contributed by atoms with E-state index in [4.69, 9.17) is 16.4 Å². The summed E-state index contributed by atoms with van der Waals surface area (Å²) in [5.74, 6) is -0.474. The Morgan fingerprint density at radius 1 is 1.17 bits per heavy atom. The Morgan fingerprint density at radius 2 is 1.86 bits per heavy atom. The summed E-state index contributed by atoms with van der Waals surface area (Å²) in [6.45, 7) is 0. The van der Waals surface area contributed by atoms with Crippen molar-refractivity contribution in [3.63, 3.8) is 0 Å². The van der Waals surface area contributed by atoms with Crippen LogP contribution in [0.25, 0.3) is 0 Å². The smallest absolute Gasteiger partial charge is 0.276 e. The maximum Gasteiger partial charge on any atom is 0.276 e. The summed E-state index contributed by atoms with van der Waals surface area (Å²) in [6.07, 6.45) is 0.516. The minimum atomic E-state index is -0.474. The Hall–Kier alpha value is -3.23. The van der Waals surface area contributed by atoms with Crippen LogP contribution in [0.4, 0.5) is 5.13 Å². The maximum absolute atomic E-state index is 13.1. The van der Waals surface area contributed by atoms with Crippen LogP contribution >= 0.6 is 22.9 Å². The Morgan fingerprint density at radius 3 is 2.52 bits per heavy atom. The van der Waals surface area contributed by atoms with Crippen molar-refractivity contribution in [3.05, 3.63) is 81.8 Å². The number of hydrogen-bond acceptors (Lipinski definition) is 6. The summed E-state index contributed by atoms with van der Waals surface area (Å²) >= 11 is 7.18. The van der Waals surface area contributed by atoms with Crippen LogP contribution in [0.3, 0.4) is 0 Å². The minimum absolute atomic E-state index is 0.00223. The van der Waals surface area contributed by atoms with E-state index in [0.29, 0.717) is 22.3 Å². The van der Waals surface area contributed by atoms with Gasteiger partial charge in [0.05, 0.1) is 6.04 Å². The van der Waals surface area contributed by atoms with E-state index in [0.717, 1.165) is 11.1 Å². The summed E-state index contributed by atoms with van der Waals surface area (Å²) in [6, 6.07) is 16.3. The monoisotopic (exact) mass is 428 g/mol. The van der Waals surface area contributed by atoms with Crippen molar-refractivity contribution in [1.29, 1.82) is 0 Å². The van der Waals surface area contributed by atoms with Crippen molar-refractivity contribution in [2.75, 3.05) is 12.4 Å². The second-order valence-corrected chi connectivity index (χ2v) is 7.09. The highest BCUT2D eigenvalue weighted by molar-refractivity contribution is 7.14. The molecule has 0 aliphatic rings. The average Bonchev–Trinajstić information content (AvgIpc) is 3.20. The van der Waals surface area contributed by atoms with Gasteiger partial charge >= 0.3 is 0 Å². The average molecular weight is 429 g/mol. The molecule has 3 aromatic rings. The maximum atomic E-state index is 13.1. The van der Waals surface area contributed by atoms with Crippen LogP contribution < -0.4 is 10.6 Å². The molecule has 148 valence electrons. The summed E-state index contributed by atoms with van der Waals surface area (Å²) in [4.78, 5) is 32.7. The number of halogens is 1. The van der Waals surface area contributed by atoms with Crippen LogP contribution in [0, 0.1) is 0 Å². The van der Waals surface area contributed by atoms with Gasteiger partial charge < -0.3 is 15.5 Å². The summed E-state index contributed by atoms with van der Waals surface area (Å²) in [5, 5.41) is 11.8. The largest absolute Gasteiger partial charge is 0.398 e. The van der Waals surface area contributed by atoms with Crippen LogP contribution in [-0.4, -0.2) is 30.1 Å². The molecule has 0 bridgehead atoms. The van der Waals surface area contributed by atoms with Crippen LogP contribution in [0.5, 0.6) is 0 Å². The molecule has 1 atom stereocenters. The number of benzene rings is 2. The van der Waals surface area contributed by atoms with E-state index in [2.05, 4.69) is 20.8 Å². The number of carbonyl (C=O) groups is 2. The zero-order valence-corrected chi connectivity index (χ0v) is 16.9. The SMILES string of the molecule is CO/N=C(/C(=O)NC(c1ccccc1)c1ccc(Cl)cc1)c1csc(NC=O)n1. The molecule has 9 heteroatoms. The molecule has 3 rings (SSSR count). The normalized spacial score (nSPS) is 12.1. The molecule has 1 unspecified atom stereocenters. The second-order valence-electron chi connectivity index (χ2n) is 5.79. The van der Waals surface area contributed by atoms with Gasteiger partial charge in [-0.2, -0.15) is 0 Å². The molecule has 1 aromatic heterocycles.